The van der Waals surface area contributed by atoms with Crippen molar-refractivity contribution in [3.8, 4) is 5.75 Å². The fourth-order valence-electron chi connectivity index (χ4n) is 2.38. The summed E-state index contributed by atoms with van der Waals surface area (Å²) < 4.78 is 65.9. The van der Waals surface area contributed by atoms with Crippen LogP contribution in [0.2, 0.25) is 0 Å². The number of hydrogen-bond donors (Lipinski definition) is 1. The minimum Gasteiger partial charge on any atom is -0.492 e. The van der Waals surface area contributed by atoms with E-state index in [9.17, 15) is 26.4 Å². The number of ether oxygens (including phenoxy) is 1. The summed E-state index contributed by atoms with van der Waals surface area (Å²) in [6, 6.07) is 10.5. The van der Waals surface area contributed by atoms with E-state index in [0.717, 1.165) is 18.4 Å². The number of carbonyl (C=O) groups is 1. The van der Waals surface area contributed by atoms with Gasteiger partial charge in [0.05, 0.1) is 17.0 Å². The molecule has 0 aromatic heterocycles. The maximum Gasteiger partial charge on any atom is 0.416 e. The number of nitrogens with one attached hydrogen (secondary N) is 1. The lowest BCUT2D eigenvalue weighted by atomic mass is 10.0. The molecule has 0 unspecified atom stereocenters. The maximum atomic E-state index is 12.6. The van der Waals surface area contributed by atoms with Crippen LogP contribution in [-0.4, -0.2) is 33.7 Å². The van der Waals surface area contributed by atoms with Gasteiger partial charge in [-0.25, -0.2) is 8.42 Å². The van der Waals surface area contributed by atoms with E-state index < -0.39 is 27.5 Å². The standard InChI is InChI=1S/C20H20F3NO4S/c1-14(15-3-5-16(6-4-15)20(21,22)23)13-19(25)24-11-12-28-17-7-9-18(10-8-17)29(2,26)27/h3-10,13H,11-12H2,1-2H3,(H,24,25)/b14-13-. The molecular weight excluding hydrogens is 407 g/mol. The van der Waals surface area contributed by atoms with Crippen LogP contribution in [0, 0.1) is 0 Å². The molecule has 0 heterocycles. The number of rotatable bonds is 7. The molecule has 0 atom stereocenters. The first-order valence-corrected chi connectivity index (χ1v) is 10.4. The van der Waals surface area contributed by atoms with Crippen molar-refractivity contribution in [3.05, 3.63) is 65.7 Å². The van der Waals surface area contributed by atoms with Gasteiger partial charge >= 0.3 is 6.18 Å². The third kappa shape index (κ3) is 6.94. The second-order valence-electron chi connectivity index (χ2n) is 6.29. The van der Waals surface area contributed by atoms with Crippen LogP contribution >= 0.6 is 0 Å². The molecule has 1 amide bonds. The lowest BCUT2D eigenvalue weighted by Gasteiger charge is -2.09. The van der Waals surface area contributed by atoms with Gasteiger partial charge in [0.2, 0.25) is 5.91 Å². The summed E-state index contributed by atoms with van der Waals surface area (Å²) in [5.41, 5.74) is 0.282. The van der Waals surface area contributed by atoms with Gasteiger partial charge in [-0.05, 0) is 54.5 Å². The van der Waals surface area contributed by atoms with E-state index in [0.29, 0.717) is 16.9 Å². The van der Waals surface area contributed by atoms with Gasteiger partial charge in [0, 0.05) is 12.3 Å². The molecule has 156 valence electrons. The Bertz CT molecular complexity index is 980. The molecule has 0 aliphatic rings. The highest BCUT2D eigenvalue weighted by atomic mass is 32.2. The summed E-state index contributed by atoms with van der Waals surface area (Å²) in [5.74, 6) is 0.0570. The van der Waals surface area contributed by atoms with Crippen molar-refractivity contribution in [3.63, 3.8) is 0 Å². The Balaban J connectivity index is 1.83. The van der Waals surface area contributed by atoms with Gasteiger partial charge in [-0.1, -0.05) is 12.1 Å². The van der Waals surface area contributed by atoms with Crippen LogP contribution in [0.1, 0.15) is 18.1 Å². The number of benzene rings is 2. The highest BCUT2D eigenvalue weighted by Gasteiger charge is 2.29. The molecule has 0 aliphatic carbocycles. The Labute approximate surface area is 167 Å². The van der Waals surface area contributed by atoms with Crippen LogP contribution < -0.4 is 10.1 Å². The fraction of sp³-hybridized carbons (Fsp3) is 0.250. The highest BCUT2D eigenvalue weighted by Crippen LogP contribution is 2.30. The van der Waals surface area contributed by atoms with Crippen molar-refractivity contribution < 1.29 is 31.1 Å². The zero-order chi connectivity index (χ0) is 21.7. The van der Waals surface area contributed by atoms with Gasteiger partial charge in [0.1, 0.15) is 12.4 Å². The Morgan fingerprint density at radius 2 is 1.66 bits per heavy atom. The first-order chi connectivity index (χ1) is 13.5. The molecule has 0 saturated carbocycles. The van der Waals surface area contributed by atoms with Crippen LogP contribution in [0.5, 0.6) is 5.75 Å². The second kappa shape index (κ2) is 9.13. The zero-order valence-electron chi connectivity index (χ0n) is 15.8. The first-order valence-electron chi connectivity index (χ1n) is 8.53. The van der Waals surface area contributed by atoms with Crippen LogP contribution in [-0.2, 0) is 20.8 Å². The minimum atomic E-state index is -4.40. The van der Waals surface area contributed by atoms with Crippen molar-refractivity contribution in [2.75, 3.05) is 19.4 Å². The minimum absolute atomic E-state index is 0.164. The molecule has 29 heavy (non-hydrogen) atoms. The summed E-state index contributed by atoms with van der Waals surface area (Å²) in [7, 11) is -3.27. The van der Waals surface area contributed by atoms with E-state index in [2.05, 4.69) is 5.32 Å². The Morgan fingerprint density at radius 1 is 1.07 bits per heavy atom. The topological polar surface area (TPSA) is 72.5 Å². The van der Waals surface area contributed by atoms with E-state index in [1.54, 1.807) is 6.92 Å². The fourth-order valence-corrected chi connectivity index (χ4v) is 3.01. The maximum absolute atomic E-state index is 12.6. The van der Waals surface area contributed by atoms with Gasteiger partial charge < -0.3 is 10.1 Å². The molecule has 0 radical (unpaired) electrons. The summed E-state index contributed by atoms with van der Waals surface area (Å²) in [6.45, 7) is 1.99. The molecule has 0 saturated heterocycles. The number of carbonyl (C=O) groups excluding carboxylic acids is 1. The van der Waals surface area contributed by atoms with Crippen molar-refractivity contribution in [1.82, 2.24) is 5.32 Å². The largest absolute Gasteiger partial charge is 0.492 e. The number of sulfone groups is 1. The molecule has 2 rings (SSSR count). The van der Waals surface area contributed by atoms with Gasteiger partial charge in [-0.3, -0.25) is 4.79 Å². The first kappa shape index (κ1) is 22.5. The van der Waals surface area contributed by atoms with Crippen LogP contribution in [0.3, 0.4) is 0 Å². The van der Waals surface area contributed by atoms with Gasteiger partial charge in [-0.2, -0.15) is 13.2 Å². The summed E-state index contributed by atoms with van der Waals surface area (Å²) in [5, 5.41) is 2.61. The molecule has 0 spiro atoms. The van der Waals surface area contributed by atoms with Crippen molar-refractivity contribution >= 4 is 21.3 Å². The monoisotopic (exact) mass is 427 g/mol. The lowest BCUT2D eigenvalue weighted by Crippen LogP contribution is -2.26. The van der Waals surface area contributed by atoms with Crippen LogP contribution in [0.15, 0.2) is 59.5 Å². The van der Waals surface area contributed by atoms with E-state index in [1.807, 2.05) is 0 Å². The van der Waals surface area contributed by atoms with Gasteiger partial charge in [0.25, 0.3) is 0 Å². The molecular formula is C20H20F3NO4S. The van der Waals surface area contributed by atoms with Gasteiger partial charge in [0.15, 0.2) is 9.84 Å². The molecule has 0 bridgehead atoms. The molecule has 2 aromatic rings. The summed E-state index contributed by atoms with van der Waals surface area (Å²) in [6.07, 6.45) is -2.00. The predicted molar refractivity (Wildman–Crippen MR) is 103 cm³/mol. The Kier molecular flexibility index (Phi) is 7.07. The number of alkyl halides is 3. The number of amides is 1. The molecule has 1 N–H and O–H groups in total. The van der Waals surface area contributed by atoms with Crippen molar-refractivity contribution in [1.29, 1.82) is 0 Å². The molecule has 2 aromatic carbocycles. The predicted octanol–water partition coefficient (Wildman–Crippen LogP) is 3.71. The lowest BCUT2D eigenvalue weighted by molar-refractivity contribution is -0.137. The Morgan fingerprint density at radius 3 is 2.17 bits per heavy atom. The molecule has 5 nitrogen and oxygen atoms in total. The zero-order valence-corrected chi connectivity index (χ0v) is 16.6. The van der Waals surface area contributed by atoms with Crippen LogP contribution in [0.25, 0.3) is 5.57 Å². The summed E-state index contributed by atoms with van der Waals surface area (Å²) in [4.78, 5) is 12.1. The van der Waals surface area contributed by atoms with E-state index in [4.69, 9.17) is 4.74 Å². The average Bonchev–Trinajstić information content (AvgIpc) is 2.64. The quantitative estimate of drug-likeness (QED) is 0.540. The number of hydrogen-bond acceptors (Lipinski definition) is 4. The molecule has 0 fully saturated rings. The van der Waals surface area contributed by atoms with E-state index in [1.165, 1.54) is 42.5 Å². The van der Waals surface area contributed by atoms with Crippen molar-refractivity contribution in [2.45, 2.75) is 18.0 Å². The van der Waals surface area contributed by atoms with Crippen molar-refractivity contribution in [2.24, 2.45) is 0 Å². The van der Waals surface area contributed by atoms with Gasteiger partial charge in [-0.15, -0.1) is 0 Å². The normalized spacial score (nSPS) is 12.5. The van der Waals surface area contributed by atoms with E-state index >= 15 is 0 Å². The summed E-state index contributed by atoms with van der Waals surface area (Å²) >= 11 is 0. The molecule has 0 aliphatic heterocycles. The highest BCUT2D eigenvalue weighted by molar-refractivity contribution is 7.90. The third-order valence-corrected chi connectivity index (χ3v) is 5.07. The Hall–Kier alpha value is -2.81. The number of allylic oxidation sites excluding steroid dienone is 1. The number of halogens is 3. The van der Waals surface area contributed by atoms with Crippen LogP contribution in [0.4, 0.5) is 13.2 Å². The van der Waals surface area contributed by atoms with E-state index in [-0.39, 0.29) is 18.0 Å². The smallest absolute Gasteiger partial charge is 0.416 e. The second-order valence-corrected chi connectivity index (χ2v) is 8.30. The average molecular weight is 427 g/mol. The molecule has 9 heteroatoms. The third-order valence-electron chi connectivity index (χ3n) is 3.94. The SMILES string of the molecule is C/C(=C/C(=O)NCCOc1ccc(S(C)(=O)=O)cc1)c1ccc(C(F)(F)F)cc1.